The van der Waals surface area contributed by atoms with E-state index in [4.69, 9.17) is 11.6 Å². The Labute approximate surface area is 174 Å². The summed E-state index contributed by atoms with van der Waals surface area (Å²) in [6, 6.07) is 7.97. The minimum Gasteiger partial charge on any atom is -0.350 e. The molecule has 1 aliphatic heterocycles. The maximum absolute atomic E-state index is 12.2. The minimum absolute atomic E-state index is 0.108. The summed E-state index contributed by atoms with van der Waals surface area (Å²) in [7, 11) is 2.98. The lowest BCUT2D eigenvalue weighted by atomic mass is 10.0. The van der Waals surface area contributed by atoms with E-state index < -0.39 is 11.2 Å². The molecule has 0 spiro atoms. The van der Waals surface area contributed by atoms with Gasteiger partial charge in [-0.1, -0.05) is 23.7 Å². The normalized spacial score (nSPS) is 15.7. The van der Waals surface area contributed by atoms with E-state index in [1.54, 1.807) is 7.05 Å². The Morgan fingerprint density at radius 1 is 1.17 bits per heavy atom. The number of amides is 1. The van der Waals surface area contributed by atoms with Gasteiger partial charge in [0.15, 0.2) is 0 Å². The third-order valence-corrected chi connectivity index (χ3v) is 5.39. The molecule has 2 heterocycles. The number of nitrogens with zero attached hydrogens (tertiary/aromatic N) is 3. The number of likely N-dealkylation sites (tertiary alicyclic amines) is 1. The number of hydrogen-bond donors (Lipinski definition) is 1. The van der Waals surface area contributed by atoms with Crippen LogP contribution in [0.3, 0.4) is 0 Å². The van der Waals surface area contributed by atoms with Crippen LogP contribution < -0.4 is 16.6 Å². The first-order valence-electron chi connectivity index (χ1n) is 9.55. The van der Waals surface area contributed by atoms with Crippen LogP contribution in [-0.2, 0) is 25.4 Å². The fourth-order valence-electron chi connectivity index (χ4n) is 3.45. The van der Waals surface area contributed by atoms with E-state index in [1.165, 1.54) is 35.5 Å². The number of carbonyl (C=O) groups excluding carboxylic acids is 1. The average molecular weight is 417 g/mol. The topological polar surface area (TPSA) is 76.3 Å². The predicted molar refractivity (Wildman–Crippen MR) is 114 cm³/mol. The number of halogens is 1. The van der Waals surface area contributed by atoms with Crippen molar-refractivity contribution in [1.29, 1.82) is 0 Å². The van der Waals surface area contributed by atoms with Gasteiger partial charge in [-0.2, -0.15) is 0 Å². The Bertz CT molecular complexity index is 1020. The molecule has 29 heavy (non-hydrogen) atoms. The van der Waals surface area contributed by atoms with Gasteiger partial charge >= 0.3 is 5.69 Å². The molecule has 0 bridgehead atoms. The minimum atomic E-state index is -0.423. The zero-order valence-corrected chi connectivity index (χ0v) is 17.4. The van der Waals surface area contributed by atoms with Crippen molar-refractivity contribution in [3.63, 3.8) is 0 Å². The highest BCUT2D eigenvalue weighted by Crippen LogP contribution is 2.16. The molecule has 0 unspecified atom stereocenters. The zero-order chi connectivity index (χ0) is 21.0. The lowest BCUT2D eigenvalue weighted by Gasteiger charge is -2.32. The maximum Gasteiger partial charge on any atom is 0.330 e. The first-order valence-corrected chi connectivity index (χ1v) is 9.93. The van der Waals surface area contributed by atoms with Crippen LogP contribution >= 0.6 is 11.6 Å². The van der Waals surface area contributed by atoms with Crippen LogP contribution in [0.5, 0.6) is 0 Å². The number of hydrogen-bond acceptors (Lipinski definition) is 4. The van der Waals surface area contributed by atoms with E-state index in [0.29, 0.717) is 5.56 Å². The molecule has 8 heteroatoms. The molecule has 1 aromatic heterocycles. The second-order valence-corrected chi connectivity index (χ2v) is 7.80. The molecule has 3 rings (SSSR count). The fourth-order valence-corrected chi connectivity index (χ4v) is 3.57. The standard InChI is InChI=1S/C21H25ClN4O3/c1-24-14-16(20(28)25(2)21(24)29)5-8-19(27)23-18-9-11-26(12-10-18)13-15-3-6-17(22)7-4-15/h3-8,14,18H,9-13H2,1-2H3,(H,23,27)/b8-5+. The number of piperidine rings is 1. The Morgan fingerprint density at radius 2 is 1.83 bits per heavy atom. The fraction of sp³-hybridized carbons (Fsp3) is 0.381. The summed E-state index contributed by atoms with van der Waals surface area (Å²) >= 11 is 5.92. The summed E-state index contributed by atoms with van der Waals surface area (Å²) < 4.78 is 2.34. The third kappa shape index (κ3) is 5.46. The molecule has 0 saturated carbocycles. The molecule has 0 radical (unpaired) electrons. The molecule has 1 fully saturated rings. The number of carbonyl (C=O) groups is 1. The van der Waals surface area contributed by atoms with Crippen molar-refractivity contribution in [2.24, 2.45) is 14.1 Å². The zero-order valence-electron chi connectivity index (χ0n) is 16.6. The van der Waals surface area contributed by atoms with Crippen molar-refractivity contribution in [3.05, 3.63) is 73.5 Å². The molecule has 1 amide bonds. The van der Waals surface area contributed by atoms with Gasteiger partial charge in [-0.05, 0) is 36.6 Å². The van der Waals surface area contributed by atoms with Crippen LogP contribution in [0.4, 0.5) is 0 Å². The Balaban J connectivity index is 1.51. The smallest absolute Gasteiger partial charge is 0.330 e. The molecule has 1 aromatic carbocycles. The number of aromatic nitrogens is 2. The van der Waals surface area contributed by atoms with Crippen LogP contribution in [0.2, 0.25) is 5.02 Å². The van der Waals surface area contributed by atoms with Gasteiger partial charge in [-0.25, -0.2) is 4.79 Å². The maximum atomic E-state index is 12.2. The van der Waals surface area contributed by atoms with Crippen LogP contribution in [-0.4, -0.2) is 39.1 Å². The molecule has 1 N–H and O–H groups in total. The van der Waals surface area contributed by atoms with Crippen molar-refractivity contribution >= 4 is 23.6 Å². The SMILES string of the molecule is Cn1cc(/C=C/C(=O)NC2CCN(Cc3ccc(Cl)cc3)CC2)c(=O)n(C)c1=O. The van der Waals surface area contributed by atoms with Gasteiger partial charge in [0.2, 0.25) is 5.91 Å². The Hall–Kier alpha value is -2.64. The summed E-state index contributed by atoms with van der Waals surface area (Å²) in [6.07, 6.45) is 5.97. The van der Waals surface area contributed by atoms with E-state index in [0.717, 1.165) is 42.1 Å². The second-order valence-electron chi connectivity index (χ2n) is 7.36. The Morgan fingerprint density at radius 3 is 2.48 bits per heavy atom. The molecular weight excluding hydrogens is 392 g/mol. The van der Waals surface area contributed by atoms with Gasteiger partial charge in [0.1, 0.15) is 0 Å². The molecule has 2 aromatic rings. The summed E-state index contributed by atoms with van der Waals surface area (Å²) in [4.78, 5) is 38.4. The van der Waals surface area contributed by atoms with E-state index in [-0.39, 0.29) is 11.9 Å². The van der Waals surface area contributed by atoms with E-state index in [1.807, 2.05) is 24.3 Å². The van der Waals surface area contributed by atoms with Gasteiger partial charge in [0.05, 0.1) is 5.56 Å². The summed E-state index contributed by atoms with van der Waals surface area (Å²) in [5.41, 5.74) is 0.691. The molecular formula is C21H25ClN4O3. The number of aryl methyl sites for hydroxylation is 1. The van der Waals surface area contributed by atoms with Crippen molar-refractivity contribution in [1.82, 2.24) is 19.4 Å². The van der Waals surface area contributed by atoms with E-state index in [2.05, 4.69) is 10.2 Å². The van der Waals surface area contributed by atoms with Crippen molar-refractivity contribution in [2.45, 2.75) is 25.4 Å². The van der Waals surface area contributed by atoms with Crippen LogP contribution in [0, 0.1) is 0 Å². The van der Waals surface area contributed by atoms with Crippen LogP contribution in [0.15, 0.2) is 46.1 Å². The van der Waals surface area contributed by atoms with Crippen LogP contribution in [0.1, 0.15) is 24.0 Å². The largest absolute Gasteiger partial charge is 0.350 e. The molecule has 7 nitrogen and oxygen atoms in total. The molecule has 0 atom stereocenters. The molecule has 154 valence electrons. The first kappa shape index (κ1) is 21.1. The van der Waals surface area contributed by atoms with Crippen molar-refractivity contribution < 1.29 is 4.79 Å². The highest BCUT2D eigenvalue weighted by Gasteiger charge is 2.20. The summed E-state index contributed by atoms with van der Waals surface area (Å²) in [5, 5.41) is 3.73. The average Bonchev–Trinajstić information content (AvgIpc) is 2.71. The number of rotatable bonds is 5. The molecule has 1 saturated heterocycles. The van der Waals surface area contributed by atoms with Gasteiger partial charge in [0.25, 0.3) is 5.56 Å². The number of benzene rings is 1. The Kier molecular flexibility index (Phi) is 6.71. The summed E-state index contributed by atoms with van der Waals surface area (Å²) in [6.45, 7) is 2.67. The quantitative estimate of drug-likeness (QED) is 0.750. The number of nitrogens with one attached hydrogen (secondary N) is 1. The highest BCUT2D eigenvalue weighted by atomic mass is 35.5. The van der Waals surface area contributed by atoms with Crippen molar-refractivity contribution in [2.75, 3.05) is 13.1 Å². The first-order chi connectivity index (χ1) is 13.8. The van der Waals surface area contributed by atoms with Gasteiger partial charge in [-0.3, -0.25) is 19.1 Å². The third-order valence-electron chi connectivity index (χ3n) is 5.14. The highest BCUT2D eigenvalue weighted by molar-refractivity contribution is 6.30. The molecule has 0 aliphatic carbocycles. The van der Waals surface area contributed by atoms with E-state index >= 15 is 0 Å². The lowest BCUT2D eigenvalue weighted by molar-refractivity contribution is -0.117. The molecule has 1 aliphatic rings. The van der Waals surface area contributed by atoms with Crippen LogP contribution in [0.25, 0.3) is 6.08 Å². The second kappa shape index (κ2) is 9.24. The van der Waals surface area contributed by atoms with Gasteiger partial charge in [0, 0.05) is 57.1 Å². The van der Waals surface area contributed by atoms with E-state index in [9.17, 15) is 14.4 Å². The monoisotopic (exact) mass is 416 g/mol. The summed E-state index contributed by atoms with van der Waals surface area (Å²) in [5.74, 6) is -0.239. The van der Waals surface area contributed by atoms with Gasteiger partial charge < -0.3 is 9.88 Å². The predicted octanol–water partition coefficient (Wildman–Crippen LogP) is 1.53. The van der Waals surface area contributed by atoms with Gasteiger partial charge in [-0.15, -0.1) is 0 Å². The lowest BCUT2D eigenvalue weighted by Crippen LogP contribution is -2.43. The van der Waals surface area contributed by atoms with Crippen molar-refractivity contribution in [3.8, 4) is 0 Å².